The van der Waals surface area contributed by atoms with Crippen molar-refractivity contribution < 1.29 is 19.4 Å². The Hall–Kier alpha value is -4.73. The first-order valence-electron chi connectivity index (χ1n) is 11.6. The van der Waals surface area contributed by atoms with Crippen LogP contribution in [-0.2, 0) is 4.79 Å². The van der Waals surface area contributed by atoms with E-state index in [1.54, 1.807) is 45.4 Å². The molecule has 0 saturated carbocycles. The first-order chi connectivity index (χ1) is 17.7. The number of methoxy groups -OCH3 is 1. The zero-order chi connectivity index (χ0) is 26.7. The van der Waals surface area contributed by atoms with Crippen LogP contribution in [0.4, 0.5) is 10.5 Å². The predicted octanol–water partition coefficient (Wildman–Crippen LogP) is 4.00. The molecule has 2 amide bonds. The smallest absolute Gasteiger partial charge is 0.405 e. The SMILES string of the molecule is COc1cccc(-c2ccc3c(=O)n(-c4ccc(NC(=O)[C@@H](NC(=O)O)C(C)C)cn4)ncc3c2)c1C. The van der Waals surface area contributed by atoms with Crippen molar-refractivity contribution in [3.05, 3.63) is 76.8 Å². The number of fused-ring (bicyclic) bond motifs is 1. The second-order valence-corrected chi connectivity index (χ2v) is 8.86. The van der Waals surface area contributed by atoms with Gasteiger partial charge in [-0.15, -0.1) is 0 Å². The fourth-order valence-corrected chi connectivity index (χ4v) is 4.10. The Morgan fingerprint density at radius 3 is 2.51 bits per heavy atom. The van der Waals surface area contributed by atoms with Crippen molar-refractivity contribution in [1.29, 1.82) is 0 Å². The highest BCUT2D eigenvalue weighted by molar-refractivity contribution is 5.96. The summed E-state index contributed by atoms with van der Waals surface area (Å²) in [5, 5.41) is 19.3. The zero-order valence-corrected chi connectivity index (χ0v) is 20.9. The molecule has 10 nitrogen and oxygen atoms in total. The molecule has 2 heterocycles. The molecule has 0 aliphatic rings. The Bertz CT molecular complexity index is 1530. The third kappa shape index (κ3) is 5.27. The number of amides is 2. The Morgan fingerprint density at radius 2 is 1.86 bits per heavy atom. The average Bonchev–Trinajstić information content (AvgIpc) is 2.88. The van der Waals surface area contributed by atoms with Crippen LogP contribution in [-0.4, -0.2) is 45.0 Å². The molecule has 0 bridgehead atoms. The average molecular weight is 502 g/mol. The second kappa shape index (κ2) is 10.5. The quantitative estimate of drug-likeness (QED) is 0.348. The van der Waals surface area contributed by atoms with Gasteiger partial charge in [0.2, 0.25) is 5.91 Å². The van der Waals surface area contributed by atoms with E-state index in [9.17, 15) is 14.4 Å². The molecule has 2 aromatic carbocycles. The van der Waals surface area contributed by atoms with Gasteiger partial charge in [-0.1, -0.05) is 32.0 Å². The van der Waals surface area contributed by atoms with E-state index >= 15 is 0 Å². The van der Waals surface area contributed by atoms with Crippen LogP contribution in [0.5, 0.6) is 5.75 Å². The van der Waals surface area contributed by atoms with Gasteiger partial charge in [0.05, 0.1) is 30.6 Å². The number of benzene rings is 2. The second-order valence-electron chi connectivity index (χ2n) is 8.86. The highest BCUT2D eigenvalue weighted by atomic mass is 16.5. The fourth-order valence-electron chi connectivity index (χ4n) is 4.10. The van der Waals surface area contributed by atoms with Gasteiger partial charge < -0.3 is 20.5 Å². The van der Waals surface area contributed by atoms with Gasteiger partial charge >= 0.3 is 6.09 Å². The van der Waals surface area contributed by atoms with Gasteiger partial charge in [-0.2, -0.15) is 9.78 Å². The molecule has 3 N–H and O–H groups in total. The molecule has 37 heavy (non-hydrogen) atoms. The predicted molar refractivity (Wildman–Crippen MR) is 140 cm³/mol. The molecule has 0 unspecified atom stereocenters. The molecule has 0 aliphatic heterocycles. The molecular formula is C27H27N5O5. The van der Waals surface area contributed by atoms with Crippen molar-refractivity contribution >= 4 is 28.5 Å². The molecule has 1 atom stereocenters. The molecule has 190 valence electrons. The van der Waals surface area contributed by atoms with E-state index in [4.69, 9.17) is 9.84 Å². The van der Waals surface area contributed by atoms with E-state index in [0.29, 0.717) is 16.5 Å². The van der Waals surface area contributed by atoms with E-state index in [-0.39, 0.29) is 17.3 Å². The summed E-state index contributed by atoms with van der Waals surface area (Å²) in [7, 11) is 1.63. The summed E-state index contributed by atoms with van der Waals surface area (Å²) >= 11 is 0. The zero-order valence-electron chi connectivity index (χ0n) is 20.9. The Morgan fingerprint density at radius 1 is 1.08 bits per heavy atom. The minimum atomic E-state index is -1.28. The topological polar surface area (TPSA) is 135 Å². The summed E-state index contributed by atoms with van der Waals surface area (Å²) in [6.45, 7) is 5.46. The Kier molecular flexibility index (Phi) is 7.19. The Labute approximate surface area is 212 Å². The van der Waals surface area contributed by atoms with Gasteiger partial charge in [0.1, 0.15) is 11.8 Å². The van der Waals surface area contributed by atoms with Crippen molar-refractivity contribution in [3.63, 3.8) is 0 Å². The minimum absolute atomic E-state index is 0.253. The summed E-state index contributed by atoms with van der Waals surface area (Å²) < 4.78 is 6.61. The third-order valence-electron chi connectivity index (χ3n) is 6.06. The van der Waals surface area contributed by atoms with Crippen molar-refractivity contribution in [2.75, 3.05) is 12.4 Å². The lowest BCUT2D eigenvalue weighted by Gasteiger charge is -2.20. The van der Waals surface area contributed by atoms with E-state index in [0.717, 1.165) is 22.4 Å². The number of carboxylic acid groups (broad SMARTS) is 1. The first-order valence-corrected chi connectivity index (χ1v) is 11.6. The van der Waals surface area contributed by atoms with Gasteiger partial charge in [-0.3, -0.25) is 9.59 Å². The van der Waals surface area contributed by atoms with Crippen LogP contribution in [0.25, 0.3) is 27.7 Å². The third-order valence-corrected chi connectivity index (χ3v) is 6.06. The number of hydrogen-bond donors (Lipinski definition) is 3. The van der Waals surface area contributed by atoms with Crippen LogP contribution in [0.1, 0.15) is 19.4 Å². The van der Waals surface area contributed by atoms with Crippen LogP contribution in [0, 0.1) is 12.8 Å². The summed E-state index contributed by atoms with van der Waals surface area (Å²) in [6, 6.07) is 13.6. The molecule has 2 aromatic heterocycles. The molecule has 0 saturated heterocycles. The molecule has 10 heteroatoms. The van der Waals surface area contributed by atoms with E-state index in [1.165, 1.54) is 10.9 Å². The van der Waals surface area contributed by atoms with Crippen molar-refractivity contribution in [1.82, 2.24) is 20.1 Å². The van der Waals surface area contributed by atoms with Gasteiger partial charge in [-0.25, -0.2) is 9.78 Å². The number of hydrogen-bond acceptors (Lipinski definition) is 6. The van der Waals surface area contributed by atoms with E-state index < -0.39 is 18.0 Å². The maximum atomic E-state index is 13.2. The van der Waals surface area contributed by atoms with Gasteiger partial charge in [0.15, 0.2) is 5.82 Å². The number of nitrogens with zero attached hydrogens (tertiary/aromatic N) is 3. The number of carbonyl (C=O) groups excluding carboxylic acids is 1. The van der Waals surface area contributed by atoms with Gasteiger partial charge in [0, 0.05) is 5.39 Å². The van der Waals surface area contributed by atoms with Crippen LogP contribution in [0.3, 0.4) is 0 Å². The number of ether oxygens (including phenoxy) is 1. The normalized spacial score (nSPS) is 11.8. The van der Waals surface area contributed by atoms with E-state index in [1.807, 2.05) is 37.3 Å². The Balaban J connectivity index is 1.60. The lowest BCUT2D eigenvalue weighted by molar-refractivity contribution is -0.119. The molecular weight excluding hydrogens is 474 g/mol. The highest BCUT2D eigenvalue weighted by Gasteiger charge is 2.24. The van der Waals surface area contributed by atoms with Crippen LogP contribution < -0.4 is 20.9 Å². The highest BCUT2D eigenvalue weighted by Crippen LogP contribution is 2.31. The molecule has 4 rings (SSSR count). The lowest BCUT2D eigenvalue weighted by atomic mass is 9.98. The lowest BCUT2D eigenvalue weighted by Crippen LogP contribution is -2.46. The molecule has 0 spiro atoms. The fraction of sp³-hybridized carbons (Fsp3) is 0.222. The van der Waals surface area contributed by atoms with Crippen LogP contribution in [0.15, 0.2) is 65.7 Å². The number of carbonyl (C=O) groups is 2. The molecule has 0 fully saturated rings. The number of nitrogens with one attached hydrogen (secondary N) is 2. The van der Waals surface area contributed by atoms with Crippen molar-refractivity contribution in [2.24, 2.45) is 5.92 Å². The van der Waals surface area contributed by atoms with E-state index in [2.05, 4.69) is 20.7 Å². The number of aromatic nitrogens is 3. The standard InChI is InChI=1S/C27H27N5O5/c1-15(2)24(31-27(35)36)25(33)30-19-9-11-23(28-14-19)32-26(34)21-10-8-17(12-18(21)13-29-32)20-6-5-7-22(37-4)16(20)3/h5-15,24,31H,1-4H3,(H,30,33)(H,35,36)/t24-/m0/s1. The van der Waals surface area contributed by atoms with Gasteiger partial charge in [0.25, 0.3) is 5.56 Å². The first kappa shape index (κ1) is 25.4. The van der Waals surface area contributed by atoms with Crippen molar-refractivity contribution in [2.45, 2.75) is 26.8 Å². The molecule has 0 radical (unpaired) electrons. The van der Waals surface area contributed by atoms with Gasteiger partial charge in [-0.05, 0) is 59.9 Å². The largest absolute Gasteiger partial charge is 0.496 e. The summed E-state index contributed by atoms with van der Waals surface area (Å²) in [6.07, 6.45) is 1.71. The van der Waals surface area contributed by atoms with Crippen molar-refractivity contribution in [3.8, 4) is 22.7 Å². The summed E-state index contributed by atoms with van der Waals surface area (Å²) in [4.78, 5) is 40.9. The van der Waals surface area contributed by atoms with Crippen LogP contribution in [0.2, 0.25) is 0 Å². The number of pyridine rings is 1. The number of rotatable bonds is 7. The minimum Gasteiger partial charge on any atom is -0.496 e. The maximum Gasteiger partial charge on any atom is 0.405 e. The maximum absolute atomic E-state index is 13.2. The van der Waals surface area contributed by atoms with Crippen LogP contribution >= 0.6 is 0 Å². The summed E-state index contributed by atoms with van der Waals surface area (Å²) in [5.74, 6) is 0.309. The summed E-state index contributed by atoms with van der Waals surface area (Å²) in [5.41, 5.74) is 2.97. The monoisotopic (exact) mass is 501 g/mol. The molecule has 0 aliphatic carbocycles. The number of anilines is 1. The molecule has 4 aromatic rings.